The largest absolute Gasteiger partial charge is 0.434 e. The molecule has 0 saturated carbocycles. The summed E-state index contributed by atoms with van der Waals surface area (Å²) >= 11 is 10.9. The predicted octanol–water partition coefficient (Wildman–Crippen LogP) is 5.72. The Balaban J connectivity index is 0.00000264. The van der Waals surface area contributed by atoms with Gasteiger partial charge < -0.3 is 5.32 Å². The fraction of sp³-hybridized carbons (Fsp3) is 0.154. The van der Waals surface area contributed by atoms with Crippen LogP contribution in [-0.2, 0) is 12.7 Å². The maximum Gasteiger partial charge on any atom is 0.434 e. The molecule has 1 heterocycles. The quantitative estimate of drug-likeness (QED) is 0.533. The van der Waals surface area contributed by atoms with E-state index in [0.29, 0.717) is 0 Å². The van der Waals surface area contributed by atoms with Gasteiger partial charge >= 0.3 is 6.18 Å². The van der Waals surface area contributed by atoms with E-state index < -0.39 is 33.5 Å². The number of benzene rings is 1. The van der Waals surface area contributed by atoms with E-state index in [-0.39, 0.29) is 30.2 Å². The van der Waals surface area contributed by atoms with E-state index in [2.05, 4.69) is 10.3 Å². The van der Waals surface area contributed by atoms with Crippen LogP contribution in [0, 0.1) is 11.6 Å². The van der Waals surface area contributed by atoms with E-state index in [4.69, 9.17) is 23.2 Å². The summed E-state index contributed by atoms with van der Waals surface area (Å²) in [6.07, 6.45) is -3.69. The molecular weight excluding hydrogens is 386 g/mol. The molecule has 0 aliphatic heterocycles. The lowest BCUT2D eigenvalue weighted by molar-refractivity contribution is -0.141. The smallest absolute Gasteiger partial charge is 0.378 e. The number of alkyl halides is 3. The number of nitrogens with one attached hydrogen (secondary N) is 1. The summed E-state index contributed by atoms with van der Waals surface area (Å²) in [6.45, 7) is -0.0657. The van der Waals surface area contributed by atoms with Crippen LogP contribution in [0.25, 0.3) is 0 Å². The van der Waals surface area contributed by atoms with Crippen molar-refractivity contribution in [2.75, 3.05) is 5.32 Å². The average Bonchev–Trinajstić information content (AvgIpc) is 2.43. The normalized spacial score (nSPS) is 11.1. The van der Waals surface area contributed by atoms with E-state index >= 15 is 0 Å². The van der Waals surface area contributed by atoms with Crippen LogP contribution in [0.4, 0.5) is 27.6 Å². The van der Waals surface area contributed by atoms with E-state index in [1.54, 1.807) is 0 Å². The SMILES string of the molecule is Cl.Fc1ccc(NCc2cnc(C(F)(F)F)c(Cl)c2)c(F)c1Cl. The average molecular weight is 394 g/mol. The minimum Gasteiger partial charge on any atom is -0.378 e. The van der Waals surface area contributed by atoms with E-state index in [0.717, 1.165) is 24.4 Å². The van der Waals surface area contributed by atoms with Gasteiger partial charge in [0.25, 0.3) is 0 Å². The molecule has 2 rings (SSSR count). The Morgan fingerprint density at radius 1 is 1.13 bits per heavy atom. The first kappa shape index (κ1) is 19.7. The van der Waals surface area contributed by atoms with Crippen molar-refractivity contribution in [1.29, 1.82) is 0 Å². The minimum absolute atomic E-state index is 0. The number of nitrogens with zero attached hydrogens (tertiary/aromatic N) is 1. The van der Waals surface area contributed by atoms with Crippen LogP contribution in [0.5, 0.6) is 0 Å². The molecule has 0 spiro atoms. The van der Waals surface area contributed by atoms with Gasteiger partial charge in [0.15, 0.2) is 11.5 Å². The maximum absolute atomic E-state index is 13.6. The maximum atomic E-state index is 13.6. The molecule has 10 heteroatoms. The van der Waals surface area contributed by atoms with Crippen molar-refractivity contribution in [3.8, 4) is 0 Å². The van der Waals surface area contributed by atoms with Crippen LogP contribution in [-0.4, -0.2) is 4.98 Å². The summed E-state index contributed by atoms with van der Waals surface area (Å²) in [7, 11) is 0. The minimum atomic E-state index is -4.65. The zero-order valence-corrected chi connectivity index (χ0v) is 13.3. The van der Waals surface area contributed by atoms with Crippen LogP contribution >= 0.6 is 35.6 Å². The summed E-state index contributed by atoms with van der Waals surface area (Å²) in [6, 6.07) is 3.15. The Labute approximate surface area is 144 Å². The van der Waals surface area contributed by atoms with Gasteiger partial charge in [-0.25, -0.2) is 13.8 Å². The molecular formula is C13H8Cl3F5N2. The van der Waals surface area contributed by atoms with Crippen LogP contribution in [0.3, 0.4) is 0 Å². The molecule has 0 radical (unpaired) electrons. The number of aromatic nitrogens is 1. The van der Waals surface area contributed by atoms with Gasteiger partial charge in [0.2, 0.25) is 0 Å². The van der Waals surface area contributed by atoms with Crippen molar-refractivity contribution >= 4 is 41.3 Å². The van der Waals surface area contributed by atoms with Crippen molar-refractivity contribution in [2.45, 2.75) is 12.7 Å². The third-order valence-electron chi connectivity index (χ3n) is 2.68. The van der Waals surface area contributed by atoms with Gasteiger partial charge in [0, 0.05) is 12.7 Å². The third-order valence-corrected chi connectivity index (χ3v) is 3.32. The van der Waals surface area contributed by atoms with Crippen molar-refractivity contribution in [2.24, 2.45) is 0 Å². The molecule has 126 valence electrons. The van der Waals surface area contributed by atoms with Crippen LogP contribution in [0.15, 0.2) is 24.4 Å². The molecule has 1 aromatic carbocycles. The molecule has 0 aliphatic carbocycles. The Kier molecular flexibility index (Phi) is 6.44. The van der Waals surface area contributed by atoms with Crippen LogP contribution < -0.4 is 5.32 Å². The summed E-state index contributed by atoms with van der Waals surface area (Å²) in [5, 5.41) is 1.34. The first-order valence-corrected chi connectivity index (χ1v) is 6.54. The number of hydrogen-bond acceptors (Lipinski definition) is 2. The fourth-order valence-corrected chi connectivity index (χ4v) is 2.10. The highest BCUT2D eigenvalue weighted by molar-refractivity contribution is 6.31. The van der Waals surface area contributed by atoms with Gasteiger partial charge in [-0.05, 0) is 23.8 Å². The third kappa shape index (κ3) is 4.59. The lowest BCUT2D eigenvalue weighted by Crippen LogP contribution is -2.10. The topological polar surface area (TPSA) is 24.9 Å². The monoisotopic (exact) mass is 392 g/mol. The Morgan fingerprint density at radius 2 is 1.78 bits per heavy atom. The number of rotatable bonds is 3. The molecule has 0 saturated heterocycles. The molecule has 0 amide bonds. The summed E-state index contributed by atoms with van der Waals surface area (Å²) in [4.78, 5) is 3.24. The summed E-state index contributed by atoms with van der Waals surface area (Å²) in [5.74, 6) is -1.91. The highest BCUT2D eigenvalue weighted by atomic mass is 35.5. The zero-order valence-electron chi connectivity index (χ0n) is 11.0. The molecule has 1 aromatic heterocycles. The molecule has 2 nitrogen and oxygen atoms in total. The van der Waals surface area contributed by atoms with Gasteiger partial charge in [-0.1, -0.05) is 23.2 Å². The van der Waals surface area contributed by atoms with Crippen LogP contribution in [0.2, 0.25) is 10.0 Å². The van der Waals surface area contributed by atoms with Crippen molar-refractivity contribution in [3.63, 3.8) is 0 Å². The number of anilines is 1. The summed E-state index contributed by atoms with van der Waals surface area (Å²) < 4.78 is 64.2. The molecule has 0 atom stereocenters. The molecule has 0 fully saturated rings. The Morgan fingerprint density at radius 3 is 2.35 bits per heavy atom. The van der Waals surface area contributed by atoms with E-state index in [1.807, 2.05) is 0 Å². The lowest BCUT2D eigenvalue weighted by Gasteiger charge is -2.11. The summed E-state index contributed by atoms with van der Waals surface area (Å²) in [5.41, 5.74) is -1.01. The van der Waals surface area contributed by atoms with Crippen LogP contribution in [0.1, 0.15) is 11.3 Å². The standard InChI is InChI=1S/C13H7Cl2F5N2.ClH/c14-7-3-6(5-22-12(7)13(18,19)20)4-21-9-2-1-8(16)10(15)11(9)17;/h1-3,5,21H,4H2;1H. The molecule has 0 aliphatic rings. The van der Waals surface area contributed by atoms with Gasteiger partial charge in [0.1, 0.15) is 10.8 Å². The molecule has 2 aromatic rings. The Hall–Kier alpha value is -1.31. The van der Waals surface area contributed by atoms with Crippen molar-refractivity contribution in [1.82, 2.24) is 4.98 Å². The van der Waals surface area contributed by atoms with Crippen molar-refractivity contribution < 1.29 is 22.0 Å². The van der Waals surface area contributed by atoms with E-state index in [1.165, 1.54) is 0 Å². The van der Waals surface area contributed by atoms with Crippen molar-refractivity contribution in [3.05, 3.63) is 57.3 Å². The highest BCUT2D eigenvalue weighted by Crippen LogP contribution is 2.33. The second kappa shape index (κ2) is 7.51. The number of halogens is 8. The van der Waals surface area contributed by atoms with E-state index in [9.17, 15) is 22.0 Å². The second-order valence-corrected chi connectivity index (χ2v) is 5.03. The first-order chi connectivity index (χ1) is 10.2. The zero-order chi connectivity index (χ0) is 16.5. The van der Waals surface area contributed by atoms with Gasteiger partial charge in [0.05, 0.1) is 10.7 Å². The fourth-order valence-electron chi connectivity index (χ4n) is 1.64. The second-order valence-electron chi connectivity index (χ2n) is 4.25. The Bertz CT molecular complexity index is 707. The van der Waals surface area contributed by atoms with Gasteiger partial charge in [-0.3, -0.25) is 0 Å². The highest BCUT2D eigenvalue weighted by Gasteiger charge is 2.35. The number of hydrogen-bond donors (Lipinski definition) is 1. The van der Waals surface area contributed by atoms with Gasteiger partial charge in [-0.15, -0.1) is 12.4 Å². The predicted molar refractivity (Wildman–Crippen MR) is 80.2 cm³/mol. The molecule has 1 N–H and O–H groups in total. The van der Waals surface area contributed by atoms with Gasteiger partial charge in [-0.2, -0.15) is 13.2 Å². The molecule has 0 bridgehead atoms. The molecule has 0 unspecified atom stereocenters. The molecule has 23 heavy (non-hydrogen) atoms. The number of pyridine rings is 1. The lowest BCUT2D eigenvalue weighted by atomic mass is 10.2. The first-order valence-electron chi connectivity index (χ1n) is 5.79.